The van der Waals surface area contributed by atoms with Crippen LogP contribution in [-0.2, 0) is 0 Å². The van der Waals surface area contributed by atoms with Gasteiger partial charge in [-0.25, -0.2) is 0 Å². The van der Waals surface area contributed by atoms with Gasteiger partial charge in [-0.2, -0.15) is 0 Å². The Morgan fingerprint density at radius 2 is 1.84 bits per heavy atom. The normalized spacial score (nSPS) is 77.1. The van der Waals surface area contributed by atoms with Crippen LogP contribution in [0.5, 0.6) is 0 Å². The van der Waals surface area contributed by atoms with Gasteiger partial charge in [0.1, 0.15) is 0 Å². The van der Waals surface area contributed by atoms with Gasteiger partial charge in [-0.05, 0) is 73.9 Å². The highest BCUT2D eigenvalue weighted by atomic mass is 15.3. The number of hydrogen-bond donors (Lipinski definition) is 3. The zero-order valence-electron chi connectivity index (χ0n) is 11.3. The molecule has 4 heterocycles. The van der Waals surface area contributed by atoms with Crippen LogP contribution in [0.4, 0.5) is 0 Å². The summed E-state index contributed by atoms with van der Waals surface area (Å²) in [6, 6.07) is 2.75. The van der Waals surface area contributed by atoms with Gasteiger partial charge in [-0.15, -0.1) is 0 Å². The van der Waals surface area contributed by atoms with E-state index in [9.17, 15) is 0 Å². The van der Waals surface area contributed by atoms with E-state index in [0.29, 0.717) is 0 Å². The highest BCUT2D eigenvalue weighted by molar-refractivity contribution is 5.46. The van der Waals surface area contributed by atoms with Gasteiger partial charge in [0, 0.05) is 23.5 Å². The van der Waals surface area contributed by atoms with Crippen molar-refractivity contribution >= 4 is 0 Å². The predicted octanol–water partition coefficient (Wildman–Crippen LogP) is 0.0362. The molecule has 3 heteroatoms. The quantitative estimate of drug-likeness (QED) is 0.653. The summed E-state index contributed by atoms with van der Waals surface area (Å²) in [4.78, 5) is 0. The third-order valence-electron chi connectivity index (χ3n) is 8.43. The SMILES string of the molecule is C1CC2CC2C(C2C3CNC(C45C6CNC4C65)C32)N1. The first-order valence-electron chi connectivity index (χ1n) is 8.62. The maximum Gasteiger partial charge on any atom is 0.0183 e. The molecule has 0 radical (unpaired) electrons. The maximum absolute atomic E-state index is 3.93. The predicted molar refractivity (Wildman–Crippen MR) is 71.5 cm³/mol. The summed E-state index contributed by atoms with van der Waals surface area (Å²) in [5.41, 5.74) is 0.770. The molecule has 3 N–H and O–H groups in total. The zero-order valence-corrected chi connectivity index (χ0v) is 11.3. The summed E-state index contributed by atoms with van der Waals surface area (Å²) >= 11 is 0. The fourth-order valence-corrected chi connectivity index (χ4v) is 7.46. The van der Waals surface area contributed by atoms with Crippen molar-refractivity contribution in [1.82, 2.24) is 16.0 Å². The molecule has 11 unspecified atom stereocenters. The molecule has 0 amide bonds. The molecule has 19 heavy (non-hydrogen) atoms. The van der Waals surface area contributed by atoms with Crippen LogP contribution in [0, 0.1) is 46.8 Å². The van der Waals surface area contributed by atoms with E-state index in [-0.39, 0.29) is 0 Å². The number of hydrogen-bond acceptors (Lipinski definition) is 3. The van der Waals surface area contributed by atoms with Crippen LogP contribution in [0.2, 0.25) is 0 Å². The van der Waals surface area contributed by atoms with Crippen molar-refractivity contribution in [2.45, 2.75) is 31.0 Å². The van der Waals surface area contributed by atoms with Crippen molar-refractivity contribution in [1.29, 1.82) is 0 Å². The van der Waals surface area contributed by atoms with Crippen molar-refractivity contribution in [2.24, 2.45) is 46.8 Å². The molecule has 0 aromatic heterocycles. The van der Waals surface area contributed by atoms with Gasteiger partial charge >= 0.3 is 0 Å². The molecular weight excluding hydrogens is 234 g/mol. The van der Waals surface area contributed by atoms with Crippen LogP contribution in [0.15, 0.2) is 0 Å². The number of fused-ring (bicyclic) bond motifs is 3. The van der Waals surface area contributed by atoms with Crippen LogP contribution < -0.4 is 16.0 Å². The van der Waals surface area contributed by atoms with E-state index >= 15 is 0 Å². The van der Waals surface area contributed by atoms with Gasteiger partial charge in [0.2, 0.25) is 0 Å². The Morgan fingerprint density at radius 1 is 0.895 bits per heavy atom. The molecule has 8 fully saturated rings. The summed E-state index contributed by atoms with van der Waals surface area (Å²) in [5, 5.41) is 11.6. The summed E-state index contributed by atoms with van der Waals surface area (Å²) in [7, 11) is 0. The van der Waals surface area contributed by atoms with Gasteiger partial charge in [-0.3, -0.25) is 0 Å². The van der Waals surface area contributed by atoms with E-state index in [1.807, 2.05) is 0 Å². The third kappa shape index (κ3) is 0.873. The molecular formula is C16H23N3. The van der Waals surface area contributed by atoms with Crippen molar-refractivity contribution in [3.8, 4) is 0 Å². The monoisotopic (exact) mass is 257 g/mol. The van der Waals surface area contributed by atoms with Gasteiger partial charge in [-0.1, -0.05) is 0 Å². The van der Waals surface area contributed by atoms with Crippen LogP contribution in [0.3, 0.4) is 0 Å². The summed E-state index contributed by atoms with van der Waals surface area (Å²) in [6.07, 6.45) is 3.01. The third-order valence-corrected chi connectivity index (χ3v) is 8.43. The highest BCUT2D eigenvalue weighted by Gasteiger charge is 2.94. The Morgan fingerprint density at radius 3 is 2.68 bits per heavy atom. The van der Waals surface area contributed by atoms with E-state index in [1.165, 1.54) is 26.1 Å². The van der Waals surface area contributed by atoms with E-state index in [1.54, 1.807) is 6.42 Å². The van der Waals surface area contributed by atoms with Crippen LogP contribution >= 0.6 is 0 Å². The molecule has 102 valence electrons. The Labute approximate surface area is 114 Å². The maximum atomic E-state index is 3.93. The largest absolute Gasteiger partial charge is 0.313 e. The minimum atomic E-state index is 0.770. The van der Waals surface area contributed by atoms with E-state index in [0.717, 1.165) is 65.0 Å². The molecule has 0 aromatic carbocycles. The zero-order chi connectivity index (χ0) is 11.9. The number of piperidine rings is 3. The van der Waals surface area contributed by atoms with Gasteiger partial charge in [0.15, 0.2) is 0 Å². The Balaban J connectivity index is 1.18. The number of nitrogens with one attached hydrogen (secondary N) is 3. The van der Waals surface area contributed by atoms with Gasteiger partial charge < -0.3 is 16.0 Å². The summed E-state index contributed by atoms with van der Waals surface area (Å²) < 4.78 is 0. The lowest BCUT2D eigenvalue weighted by Crippen LogP contribution is -2.44. The lowest BCUT2D eigenvalue weighted by Gasteiger charge is -2.28. The second-order valence-electron chi connectivity index (χ2n) is 8.65. The molecule has 4 aliphatic heterocycles. The topological polar surface area (TPSA) is 36.1 Å². The first kappa shape index (κ1) is 9.75. The minimum absolute atomic E-state index is 0.770. The van der Waals surface area contributed by atoms with Crippen molar-refractivity contribution in [3.05, 3.63) is 0 Å². The molecule has 8 rings (SSSR count). The second kappa shape index (κ2) is 2.65. The molecule has 0 aromatic rings. The average Bonchev–Trinajstić information content (AvgIpc) is 3.41. The minimum Gasteiger partial charge on any atom is -0.313 e. The standard InChI is InChI=1S/C16H23N3/c1-2-17-13(7-3-6(1)7)10-8-4-18-14(11(8)10)16-9-5-19-15(16)12(9)16/h6-15,17-19H,1-5H2. The first-order valence-corrected chi connectivity index (χ1v) is 8.62. The molecule has 4 aliphatic carbocycles. The number of rotatable bonds is 2. The van der Waals surface area contributed by atoms with Gasteiger partial charge in [0.05, 0.1) is 0 Å². The molecule has 3 nitrogen and oxygen atoms in total. The van der Waals surface area contributed by atoms with E-state index < -0.39 is 0 Å². The molecule has 0 spiro atoms. The van der Waals surface area contributed by atoms with Crippen LogP contribution in [0.25, 0.3) is 0 Å². The smallest absolute Gasteiger partial charge is 0.0183 e. The summed E-state index contributed by atoms with van der Waals surface area (Å²) in [6.45, 7) is 3.98. The first-order chi connectivity index (χ1) is 9.42. The van der Waals surface area contributed by atoms with E-state index in [4.69, 9.17) is 0 Å². The van der Waals surface area contributed by atoms with Crippen molar-refractivity contribution < 1.29 is 0 Å². The summed E-state index contributed by atoms with van der Waals surface area (Å²) in [5.74, 6) is 7.50. The Kier molecular flexibility index (Phi) is 1.36. The lowest BCUT2D eigenvalue weighted by atomic mass is 9.91. The molecule has 4 saturated carbocycles. The van der Waals surface area contributed by atoms with E-state index in [2.05, 4.69) is 16.0 Å². The fourth-order valence-electron chi connectivity index (χ4n) is 7.46. The highest BCUT2D eigenvalue weighted by Crippen LogP contribution is 2.87. The molecule has 4 saturated heterocycles. The second-order valence-corrected chi connectivity index (χ2v) is 8.65. The lowest BCUT2D eigenvalue weighted by molar-refractivity contribution is 0.280. The van der Waals surface area contributed by atoms with Crippen molar-refractivity contribution in [3.63, 3.8) is 0 Å². The van der Waals surface area contributed by atoms with Crippen LogP contribution in [0.1, 0.15) is 12.8 Å². The average molecular weight is 257 g/mol. The Hall–Kier alpha value is -0.120. The molecule has 2 bridgehead atoms. The van der Waals surface area contributed by atoms with Crippen LogP contribution in [-0.4, -0.2) is 37.8 Å². The molecule has 8 aliphatic rings. The fraction of sp³-hybridized carbons (Fsp3) is 1.00. The van der Waals surface area contributed by atoms with Crippen molar-refractivity contribution in [2.75, 3.05) is 19.6 Å². The van der Waals surface area contributed by atoms with Gasteiger partial charge in [0.25, 0.3) is 0 Å². The molecule has 11 atom stereocenters. The Bertz CT molecular complexity index is 469.